The van der Waals surface area contributed by atoms with Gasteiger partial charge in [-0.3, -0.25) is 4.55 Å². The van der Waals surface area contributed by atoms with Gasteiger partial charge in [0, 0.05) is 6.20 Å². The molecule has 1 unspecified atom stereocenters. The lowest BCUT2D eigenvalue weighted by atomic mass is 10.1. The van der Waals surface area contributed by atoms with Crippen molar-refractivity contribution in [2.24, 2.45) is 0 Å². The van der Waals surface area contributed by atoms with E-state index in [4.69, 9.17) is 9.29 Å². The third-order valence-corrected chi connectivity index (χ3v) is 1.68. The van der Waals surface area contributed by atoms with Crippen LogP contribution in [-0.4, -0.2) is 43.9 Å². The highest BCUT2D eigenvalue weighted by atomic mass is 32.2. The molecule has 0 aromatic heterocycles. The highest BCUT2D eigenvalue weighted by molar-refractivity contribution is 7.85. The minimum atomic E-state index is -3.67. The van der Waals surface area contributed by atoms with Gasteiger partial charge in [-0.25, -0.2) is 9.59 Å². The molecule has 0 radical (unpaired) electrons. The van der Waals surface area contributed by atoms with Crippen LogP contribution in [0.5, 0.6) is 0 Å². The zero-order valence-corrected chi connectivity index (χ0v) is 11.1. The van der Waals surface area contributed by atoms with Gasteiger partial charge in [-0.15, -0.1) is 0 Å². The summed E-state index contributed by atoms with van der Waals surface area (Å²) < 4.78 is 30.7. The number of hydrogen-bond acceptors (Lipinski definition) is 5. The van der Waals surface area contributed by atoms with Gasteiger partial charge >= 0.3 is 12.0 Å². The zero-order chi connectivity index (χ0) is 14.3. The molecule has 1 aliphatic heterocycles. The molecular formula is C9H16N2O6S. The Morgan fingerprint density at radius 2 is 2.06 bits per heavy atom. The molecule has 0 saturated carbocycles. The third-order valence-electron chi connectivity index (χ3n) is 1.68. The number of hydrogen-bond donors (Lipinski definition) is 3. The summed E-state index contributed by atoms with van der Waals surface area (Å²) in [5, 5.41) is 4.94. The van der Waals surface area contributed by atoms with Gasteiger partial charge < -0.3 is 15.4 Å². The van der Waals surface area contributed by atoms with Gasteiger partial charge in [0.25, 0.3) is 10.1 Å². The second-order valence-corrected chi connectivity index (χ2v) is 4.86. The average molecular weight is 280 g/mol. The van der Waals surface area contributed by atoms with E-state index in [-0.39, 0.29) is 12.1 Å². The summed E-state index contributed by atoms with van der Waals surface area (Å²) in [6.45, 7) is 3.79. The summed E-state index contributed by atoms with van der Waals surface area (Å²) in [5.74, 6) is -0.400. The van der Waals surface area contributed by atoms with Crippen molar-refractivity contribution in [2.45, 2.75) is 19.9 Å². The normalized spacial score (nSPS) is 18.6. The SMILES string of the molecule is CCOC(=O)C1=CNC(=O)NC1C.CS(=O)(=O)O. The van der Waals surface area contributed by atoms with Gasteiger partial charge in [0.05, 0.1) is 24.5 Å². The molecule has 0 bridgehead atoms. The van der Waals surface area contributed by atoms with Crippen molar-refractivity contribution in [1.29, 1.82) is 0 Å². The van der Waals surface area contributed by atoms with E-state index in [1.54, 1.807) is 13.8 Å². The van der Waals surface area contributed by atoms with E-state index in [0.717, 1.165) is 0 Å². The van der Waals surface area contributed by atoms with Crippen molar-refractivity contribution in [2.75, 3.05) is 12.9 Å². The molecule has 0 aromatic rings. The second kappa shape index (κ2) is 6.97. The van der Waals surface area contributed by atoms with Gasteiger partial charge in [-0.2, -0.15) is 8.42 Å². The summed E-state index contributed by atoms with van der Waals surface area (Å²) in [4.78, 5) is 22.0. The van der Waals surface area contributed by atoms with Gasteiger partial charge in [0.15, 0.2) is 0 Å². The first-order valence-electron chi connectivity index (χ1n) is 5.01. The highest BCUT2D eigenvalue weighted by Crippen LogP contribution is 2.06. The smallest absolute Gasteiger partial charge is 0.337 e. The Morgan fingerprint density at radius 1 is 1.56 bits per heavy atom. The average Bonchev–Trinajstić information content (AvgIpc) is 2.14. The van der Waals surface area contributed by atoms with Gasteiger partial charge in [0.1, 0.15) is 0 Å². The van der Waals surface area contributed by atoms with E-state index in [1.165, 1.54) is 6.20 Å². The number of urea groups is 1. The summed E-state index contributed by atoms with van der Waals surface area (Å²) >= 11 is 0. The lowest BCUT2D eigenvalue weighted by Gasteiger charge is -2.20. The van der Waals surface area contributed by atoms with Gasteiger partial charge in [0.2, 0.25) is 0 Å². The van der Waals surface area contributed by atoms with Crippen LogP contribution in [0, 0.1) is 0 Å². The zero-order valence-electron chi connectivity index (χ0n) is 10.3. The fraction of sp³-hybridized carbons (Fsp3) is 0.556. The molecular weight excluding hydrogens is 264 g/mol. The first-order chi connectivity index (χ1) is 8.15. The van der Waals surface area contributed by atoms with Crippen molar-refractivity contribution in [3.63, 3.8) is 0 Å². The minimum absolute atomic E-state index is 0.298. The van der Waals surface area contributed by atoms with Crippen molar-refractivity contribution in [3.05, 3.63) is 11.8 Å². The summed E-state index contributed by atoms with van der Waals surface area (Å²) in [5.41, 5.74) is 0.432. The van der Waals surface area contributed by atoms with E-state index in [1.807, 2.05) is 0 Å². The molecule has 1 atom stereocenters. The second-order valence-electron chi connectivity index (χ2n) is 3.39. The number of nitrogens with one attached hydrogen (secondary N) is 2. The van der Waals surface area contributed by atoms with Crippen molar-refractivity contribution < 1.29 is 27.3 Å². The van der Waals surface area contributed by atoms with E-state index in [9.17, 15) is 18.0 Å². The minimum Gasteiger partial charge on any atom is -0.463 e. The summed E-state index contributed by atoms with van der Waals surface area (Å²) in [6.07, 6.45) is 2.09. The van der Waals surface area contributed by atoms with Gasteiger partial charge in [-0.1, -0.05) is 0 Å². The monoisotopic (exact) mass is 280 g/mol. The Kier molecular flexibility index (Phi) is 6.34. The Labute approximate surface area is 105 Å². The molecule has 1 heterocycles. The maximum atomic E-state index is 11.2. The Balaban J connectivity index is 0.000000494. The molecule has 18 heavy (non-hydrogen) atoms. The van der Waals surface area contributed by atoms with Crippen LogP contribution in [0.1, 0.15) is 13.8 Å². The molecule has 0 saturated heterocycles. The van der Waals surface area contributed by atoms with E-state index < -0.39 is 16.1 Å². The number of rotatable bonds is 2. The molecule has 3 N–H and O–H groups in total. The van der Waals surface area contributed by atoms with Crippen LogP contribution >= 0.6 is 0 Å². The Morgan fingerprint density at radius 3 is 2.44 bits per heavy atom. The fourth-order valence-corrected chi connectivity index (χ4v) is 1.03. The number of ether oxygens (including phenoxy) is 1. The van der Waals surface area contributed by atoms with Crippen molar-refractivity contribution in [3.8, 4) is 0 Å². The quantitative estimate of drug-likeness (QED) is 0.469. The maximum Gasteiger partial charge on any atom is 0.337 e. The number of carbonyl (C=O) groups is 2. The lowest BCUT2D eigenvalue weighted by Crippen LogP contribution is -2.46. The van der Waals surface area contributed by atoms with Gasteiger partial charge in [-0.05, 0) is 13.8 Å². The van der Waals surface area contributed by atoms with E-state index >= 15 is 0 Å². The topological polar surface area (TPSA) is 122 Å². The standard InChI is InChI=1S/C8H12N2O3.CH4O3S/c1-3-13-7(11)6-4-9-8(12)10-5(6)2;1-5(2,3)4/h4-5H,3H2,1-2H3,(H2,9,10,12);1H3,(H,2,3,4). The third kappa shape index (κ3) is 7.63. The van der Waals surface area contributed by atoms with Crippen LogP contribution in [0.2, 0.25) is 0 Å². The molecule has 8 nitrogen and oxygen atoms in total. The predicted octanol–water partition coefficient (Wildman–Crippen LogP) is -0.361. The lowest BCUT2D eigenvalue weighted by molar-refractivity contribution is -0.138. The predicted molar refractivity (Wildman–Crippen MR) is 63.3 cm³/mol. The number of esters is 1. The van der Waals surface area contributed by atoms with E-state index in [2.05, 4.69) is 10.6 Å². The largest absolute Gasteiger partial charge is 0.463 e. The van der Waals surface area contributed by atoms with Crippen LogP contribution in [0.15, 0.2) is 11.8 Å². The first-order valence-corrected chi connectivity index (χ1v) is 6.86. The molecule has 0 spiro atoms. The number of amides is 2. The van der Waals surface area contributed by atoms with Crippen LogP contribution in [0.25, 0.3) is 0 Å². The van der Waals surface area contributed by atoms with Crippen LogP contribution < -0.4 is 10.6 Å². The van der Waals surface area contributed by atoms with Crippen molar-refractivity contribution >= 4 is 22.1 Å². The molecule has 2 amide bonds. The Hall–Kier alpha value is -1.61. The highest BCUT2D eigenvalue weighted by Gasteiger charge is 2.23. The number of carbonyl (C=O) groups excluding carboxylic acids is 2. The molecule has 1 aliphatic rings. The molecule has 104 valence electrons. The van der Waals surface area contributed by atoms with Crippen LogP contribution in [0.3, 0.4) is 0 Å². The first kappa shape index (κ1) is 16.4. The molecule has 0 aromatic carbocycles. The fourth-order valence-electron chi connectivity index (χ4n) is 1.03. The van der Waals surface area contributed by atoms with Crippen molar-refractivity contribution in [1.82, 2.24) is 10.6 Å². The van der Waals surface area contributed by atoms with Crippen LogP contribution in [0.4, 0.5) is 4.79 Å². The molecule has 0 fully saturated rings. The van der Waals surface area contributed by atoms with Crippen LogP contribution in [-0.2, 0) is 19.6 Å². The Bertz CT molecular complexity index is 434. The summed E-state index contributed by atoms with van der Waals surface area (Å²) in [6, 6.07) is -0.603. The molecule has 0 aliphatic carbocycles. The van der Waals surface area contributed by atoms with E-state index in [0.29, 0.717) is 18.4 Å². The molecule has 9 heteroatoms. The maximum absolute atomic E-state index is 11.2. The summed E-state index contributed by atoms with van der Waals surface area (Å²) in [7, 11) is -3.67. The molecule has 1 rings (SSSR count).